The summed E-state index contributed by atoms with van der Waals surface area (Å²) in [6, 6.07) is 6.22. The number of esters is 1. The van der Waals surface area contributed by atoms with E-state index in [9.17, 15) is 18.0 Å². The van der Waals surface area contributed by atoms with Crippen LogP contribution in [0.1, 0.15) is 46.5 Å². The lowest BCUT2D eigenvalue weighted by Gasteiger charge is -2.27. The third-order valence-corrected chi connectivity index (χ3v) is 7.62. The summed E-state index contributed by atoms with van der Waals surface area (Å²) < 4.78 is 30.6. The molecule has 25 heavy (non-hydrogen) atoms. The van der Waals surface area contributed by atoms with Gasteiger partial charge in [0.05, 0.1) is 4.90 Å². The second-order valence-corrected chi connectivity index (χ2v) is 10.6. The number of ether oxygens (including phenoxy) is 1. The average Bonchev–Trinajstić information content (AvgIpc) is 3.03. The van der Waals surface area contributed by atoms with E-state index in [1.54, 1.807) is 32.9 Å². The van der Waals surface area contributed by atoms with Crippen molar-refractivity contribution in [2.75, 3.05) is 6.61 Å². The lowest BCUT2D eigenvalue weighted by atomic mass is 9.91. The first-order valence-corrected chi connectivity index (χ1v) is 10.5. The lowest BCUT2D eigenvalue weighted by Crippen LogP contribution is -2.46. The standard InChI is InChI=1S/C18H23BrO5S/c1-17(2,3)15(20)12-24-16(21)18(10-4-5-11-18)25(22,23)14-8-6-13(19)7-9-14/h6-9H,4-5,10-12H2,1-3H3. The fourth-order valence-electron chi connectivity index (χ4n) is 2.85. The molecule has 0 radical (unpaired) electrons. The smallest absolute Gasteiger partial charge is 0.328 e. The minimum Gasteiger partial charge on any atom is -0.456 e. The van der Waals surface area contributed by atoms with Crippen molar-refractivity contribution in [3.63, 3.8) is 0 Å². The molecule has 0 amide bonds. The number of sulfone groups is 1. The lowest BCUT2D eigenvalue weighted by molar-refractivity contribution is -0.152. The Morgan fingerprint density at radius 1 is 1.12 bits per heavy atom. The molecular formula is C18H23BrO5S. The summed E-state index contributed by atoms with van der Waals surface area (Å²) in [5, 5.41) is 0. The summed E-state index contributed by atoms with van der Waals surface area (Å²) in [6.45, 7) is 4.78. The molecule has 1 aromatic rings. The maximum Gasteiger partial charge on any atom is 0.328 e. The van der Waals surface area contributed by atoms with Crippen LogP contribution in [0.2, 0.25) is 0 Å². The Bertz CT molecular complexity index is 754. The normalized spacial score (nSPS) is 17.3. The Labute approximate surface area is 157 Å². The quantitative estimate of drug-likeness (QED) is 0.665. The van der Waals surface area contributed by atoms with E-state index < -0.39 is 32.6 Å². The van der Waals surface area contributed by atoms with Gasteiger partial charge in [0.15, 0.2) is 27.0 Å². The summed E-state index contributed by atoms with van der Waals surface area (Å²) in [7, 11) is -3.91. The van der Waals surface area contributed by atoms with Crippen molar-refractivity contribution in [2.45, 2.75) is 56.1 Å². The molecule has 0 aliphatic heterocycles. The van der Waals surface area contributed by atoms with E-state index in [0.717, 1.165) is 4.47 Å². The molecule has 1 saturated carbocycles. The Hall–Kier alpha value is -1.21. The van der Waals surface area contributed by atoms with Gasteiger partial charge in [-0.2, -0.15) is 0 Å². The highest BCUT2D eigenvalue weighted by Crippen LogP contribution is 2.41. The molecule has 0 unspecified atom stereocenters. The Morgan fingerprint density at radius 3 is 2.12 bits per heavy atom. The van der Waals surface area contributed by atoms with Gasteiger partial charge in [-0.05, 0) is 37.1 Å². The molecule has 1 aliphatic carbocycles. The molecule has 0 spiro atoms. The number of benzene rings is 1. The van der Waals surface area contributed by atoms with Crippen molar-refractivity contribution in [1.29, 1.82) is 0 Å². The summed E-state index contributed by atoms with van der Waals surface area (Å²) >= 11 is 3.27. The molecule has 0 heterocycles. The van der Waals surface area contributed by atoms with Gasteiger partial charge in [-0.15, -0.1) is 0 Å². The minimum absolute atomic E-state index is 0.0942. The maximum absolute atomic E-state index is 13.1. The number of hydrogen-bond acceptors (Lipinski definition) is 5. The first-order chi connectivity index (χ1) is 11.5. The van der Waals surface area contributed by atoms with Gasteiger partial charge in [-0.25, -0.2) is 8.42 Å². The molecule has 1 aromatic carbocycles. The van der Waals surface area contributed by atoms with Crippen LogP contribution >= 0.6 is 15.9 Å². The maximum atomic E-state index is 13.1. The number of ketones is 1. The zero-order valence-electron chi connectivity index (χ0n) is 14.7. The molecule has 1 aliphatic rings. The van der Waals surface area contributed by atoms with Gasteiger partial charge in [0.2, 0.25) is 0 Å². The number of hydrogen-bond donors (Lipinski definition) is 0. The topological polar surface area (TPSA) is 77.5 Å². The van der Waals surface area contributed by atoms with E-state index in [1.807, 2.05) is 0 Å². The van der Waals surface area contributed by atoms with Crippen LogP contribution in [0.3, 0.4) is 0 Å². The first-order valence-electron chi connectivity index (χ1n) is 8.21. The van der Waals surface area contributed by atoms with Crippen molar-refractivity contribution in [2.24, 2.45) is 5.41 Å². The van der Waals surface area contributed by atoms with Crippen LogP contribution in [-0.4, -0.2) is 31.5 Å². The van der Waals surface area contributed by atoms with Crippen LogP contribution < -0.4 is 0 Å². The molecule has 5 nitrogen and oxygen atoms in total. The van der Waals surface area contributed by atoms with Crippen molar-refractivity contribution >= 4 is 37.5 Å². The molecule has 1 fully saturated rings. The van der Waals surface area contributed by atoms with Gasteiger partial charge in [-0.3, -0.25) is 9.59 Å². The van der Waals surface area contributed by atoms with Gasteiger partial charge in [0.1, 0.15) is 0 Å². The molecule has 138 valence electrons. The number of rotatable bonds is 5. The number of halogens is 1. The Kier molecular flexibility index (Phi) is 5.78. The van der Waals surface area contributed by atoms with Crippen molar-refractivity contribution in [3.05, 3.63) is 28.7 Å². The van der Waals surface area contributed by atoms with Crippen molar-refractivity contribution < 1.29 is 22.7 Å². The number of carbonyl (C=O) groups excluding carboxylic acids is 2. The monoisotopic (exact) mass is 430 g/mol. The average molecular weight is 431 g/mol. The second-order valence-electron chi connectivity index (χ2n) is 7.41. The fourth-order valence-corrected chi connectivity index (χ4v) is 5.16. The highest BCUT2D eigenvalue weighted by Gasteiger charge is 2.54. The van der Waals surface area contributed by atoms with Gasteiger partial charge in [0, 0.05) is 9.89 Å². The minimum atomic E-state index is -3.91. The zero-order valence-corrected chi connectivity index (χ0v) is 17.1. The number of Topliss-reactive ketones (excluding diaryl/α,β-unsaturated/α-hetero) is 1. The predicted octanol–water partition coefficient (Wildman–Crippen LogP) is 3.69. The van der Waals surface area contributed by atoms with E-state index >= 15 is 0 Å². The summed E-state index contributed by atoms with van der Waals surface area (Å²) in [6.07, 6.45) is 1.71. The molecular weight excluding hydrogens is 408 g/mol. The van der Waals surface area contributed by atoms with Gasteiger partial charge >= 0.3 is 5.97 Å². The molecule has 2 rings (SSSR count). The van der Waals surface area contributed by atoms with Crippen molar-refractivity contribution in [1.82, 2.24) is 0 Å². The summed E-state index contributed by atoms with van der Waals surface area (Å²) in [5.74, 6) is -1.06. The van der Waals surface area contributed by atoms with E-state index in [4.69, 9.17) is 4.74 Å². The largest absolute Gasteiger partial charge is 0.456 e. The van der Waals surface area contributed by atoms with E-state index in [2.05, 4.69) is 15.9 Å². The van der Waals surface area contributed by atoms with Gasteiger partial charge in [-0.1, -0.05) is 49.5 Å². The van der Waals surface area contributed by atoms with Crippen molar-refractivity contribution in [3.8, 4) is 0 Å². The van der Waals surface area contributed by atoms with E-state index in [-0.39, 0.29) is 23.5 Å². The summed E-state index contributed by atoms with van der Waals surface area (Å²) in [5.41, 5.74) is -0.645. The Balaban J connectivity index is 2.30. The SMILES string of the molecule is CC(C)(C)C(=O)COC(=O)C1(S(=O)(=O)c2ccc(Br)cc2)CCCC1. The predicted molar refractivity (Wildman–Crippen MR) is 97.9 cm³/mol. The highest BCUT2D eigenvalue weighted by molar-refractivity contribution is 9.10. The number of carbonyl (C=O) groups is 2. The molecule has 0 saturated heterocycles. The van der Waals surface area contributed by atoms with Crippen LogP contribution in [0.25, 0.3) is 0 Å². The van der Waals surface area contributed by atoms with Crippen LogP contribution in [-0.2, 0) is 24.2 Å². The van der Waals surface area contributed by atoms with Crippen LogP contribution in [0, 0.1) is 5.41 Å². The zero-order chi connectivity index (χ0) is 18.9. The third-order valence-electron chi connectivity index (χ3n) is 4.59. The Morgan fingerprint density at radius 2 is 1.64 bits per heavy atom. The van der Waals surface area contributed by atoms with E-state index in [1.165, 1.54) is 12.1 Å². The van der Waals surface area contributed by atoms with Crippen LogP contribution in [0.5, 0.6) is 0 Å². The first kappa shape index (κ1) is 20.1. The molecule has 0 bridgehead atoms. The molecule has 0 aromatic heterocycles. The molecule has 0 N–H and O–H groups in total. The van der Waals surface area contributed by atoms with Crippen LogP contribution in [0.4, 0.5) is 0 Å². The van der Waals surface area contributed by atoms with E-state index in [0.29, 0.717) is 12.8 Å². The fraction of sp³-hybridized carbons (Fsp3) is 0.556. The molecule has 7 heteroatoms. The highest BCUT2D eigenvalue weighted by atomic mass is 79.9. The second kappa shape index (κ2) is 7.19. The third kappa shape index (κ3) is 3.97. The van der Waals surface area contributed by atoms with Gasteiger partial charge < -0.3 is 4.74 Å². The van der Waals surface area contributed by atoms with Crippen LogP contribution in [0.15, 0.2) is 33.6 Å². The van der Waals surface area contributed by atoms with Gasteiger partial charge in [0.25, 0.3) is 0 Å². The summed E-state index contributed by atoms with van der Waals surface area (Å²) in [4.78, 5) is 24.8. The molecule has 0 atom stereocenters.